The molecular weight excluding hydrogens is 195 g/mol. The molecule has 0 radical (unpaired) electrons. The van der Waals surface area contributed by atoms with Gasteiger partial charge in [0.2, 0.25) is 0 Å². The monoisotopic (exact) mass is 212 g/mol. The average molecular weight is 212 g/mol. The number of hydrogen-bond donors (Lipinski definition) is 1. The standard InChI is InChI=1S/C11H17FN2O/c1-14(2)7-4-8-15-10-6-3-5-9(12)11(10)13/h3,5-6H,4,7-8,13H2,1-2H3. The maximum absolute atomic E-state index is 13.0. The zero-order chi connectivity index (χ0) is 11.3. The molecule has 4 heteroatoms. The van der Waals surface area contributed by atoms with Crippen molar-refractivity contribution in [3.63, 3.8) is 0 Å². The second-order valence-corrected chi connectivity index (χ2v) is 3.66. The molecule has 0 bridgehead atoms. The van der Waals surface area contributed by atoms with E-state index < -0.39 is 5.82 Å². The molecule has 0 aliphatic rings. The summed E-state index contributed by atoms with van der Waals surface area (Å²) in [4.78, 5) is 2.07. The molecule has 2 N–H and O–H groups in total. The summed E-state index contributed by atoms with van der Waals surface area (Å²) >= 11 is 0. The summed E-state index contributed by atoms with van der Waals surface area (Å²) in [5.41, 5.74) is 5.60. The lowest BCUT2D eigenvalue weighted by Crippen LogP contribution is -2.15. The molecule has 0 saturated carbocycles. The molecule has 0 spiro atoms. The molecule has 0 aliphatic heterocycles. The lowest BCUT2D eigenvalue weighted by Gasteiger charge is -2.11. The Kier molecular flexibility index (Phi) is 4.37. The van der Waals surface area contributed by atoms with Crippen molar-refractivity contribution in [2.75, 3.05) is 33.0 Å². The van der Waals surface area contributed by atoms with E-state index >= 15 is 0 Å². The normalized spacial score (nSPS) is 10.7. The topological polar surface area (TPSA) is 38.5 Å². The van der Waals surface area contributed by atoms with Crippen LogP contribution in [-0.2, 0) is 0 Å². The van der Waals surface area contributed by atoms with E-state index in [2.05, 4.69) is 4.90 Å². The van der Waals surface area contributed by atoms with Gasteiger partial charge >= 0.3 is 0 Å². The smallest absolute Gasteiger partial charge is 0.149 e. The highest BCUT2D eigenvalue weighted by molar-refractivity contribution is 5.53. The zero-order valence-electron chi connectivity index (χ0n) is 9.16. The third-order valence-corrected chi connectivity index (χ3v) is 2.02. The van der Waals surface area contributed by atoms with Crippen molar-refractivity contribution >= 4 is 5.69 Å². The highest BCUT2D eigenvalue weighted by atomic mass is 19.1. The van der Waals surface area contributed by atoms with Gasteiger partial charge in [0.05, 0.1) is 6.61 Å². The summed E-state index contributed by atoms with van der Waals surface area (Å²) < 4.78 is 18.4. The molecule has 0 saturated heterocycles. The van der Waals surface area contributed by atoms with Crippen molar-refractivity contribution in [2.45, 2.75) is 6.42 Å². The first-order valence-electron chi connectivity index (χ1n) is 4.93. The minimum atomic E-state index is -0.430. The van der Waals surface area contributed by atoms with Gasteiger partial charge in [0.1, 0.15) is 17.3 Å². The molecule has 0 aliphatic carbocycles. The van der Waals surface area contributed by atoms with Gasteiger partial charge in [-0.3, -0.25) is 0 Å². The van der Waals surface area contributed by atoms with Crippen LogP contribution < -0.4 is 10.5 Å². The van der Waals surface area contributed by atoms with E-state index in [1.807, 2.05) is 14.1 Å². The molecular formula is C11H17FN2O. The second-order valence-electron chi connectivity index (χ2n) is 3.66. The minimum absolute atomic E-state index is 0.0855. The molecule has 1 aromatic rings. The number of hydrogen-bond acceptors (Lipinski definition) is 3. The fourth-order valence-electron chi connectivity index (χ4n) is 1.21. The van der Waals surface area contributed by atoms with E-state index in [9.17, 15) is 4.39 Å². The fourth-order valence-corrected chi connectivity index (χ4v) is 1.21. The van der Waals surface area contributed by atoms with Crippen molar-refractivity contribution in [1.82, 2.24) is 4.90 Å². The van der Waals surface area contributed by atoms with Gasteiger partial charge in [0, 0.05) is 6.54 Å². The van der Waals surface area contributed by atoms with Gasteiger partial charge in [-0.2, -0.15) is 0 Å². The van der Waals surface area contributed by atoms with Crippen LogP contribution in [0.4, 0.5) is 10.1 Å². The minimum Gasteiger partial charge on any atom is -0.491 e. The Morgan fingerprint density at radius 2 is 2.13 bits per heavy atom. The van der Waals surface area contributed by atoms with Gasteiger partial charge < -0.3 is 15.4 Å². The number of ether oxygens (including phenoxy) is 1. The van der Waals surface area contributed by atoms with Crippen LogP contribution in [-0.4, -0.2) is 32.1 Å². The number of anilines is 1. The fraction of sp³-hybridized carbons (Fsp3) is 0.455. The maximum atomic E-state index is 13.0. The molecule has 0 amide bonds. The molecule has 84 valence electrons. The largest absolute Gasteiger partial charge is 0.491 e. The Morgan fingerprint density at radius 1 is 1.40 bits per heavy atom. The summed E-state index contributed by atoms with van der Waals surface area (Å²) in [5, 5.41) is 0. The molecule has 0 aromatic heterocycles. The Labute approximate surface area is 89.6 Å². The van der Waals surface area contributed by atoms with E-state index in [0.717, 1.165) is 13.0 Å². The Bertz CT molecular complexity index is 315. The van der Waals surface area contributed by atoms with Gasteiger partial charge in [-0.25, -0.2) is 4.39 Å². The van der Waals surface area contributed by atoms with Crippen molar-refractivity contribution in [3.05, 3.63) is 24.0 Å². The highest BCUT2D eigenvalue weighted by Crippen LogP contribution is 2.23. The summed E-state index contributed by atoms with van der Waals surface area (Å²) in [5.74, 6) is -0.00568. The first kappa shape index (κ1) is 11.8. The Morgan fingerprint density at radius 3 is 2.80 bits per heavy atom. The van der Waals surface area contributed by atoms with Crippen LogP contribution in [0.15, 0.2) is 18.2 Å². The van der Waals surface area contributed by atoms with Crippen molar-refractivity contribution in [3.8, 4) is 5.75 Å². The predicted octanol–water partition coefficient (Wildman–Crippen LogP) is 1.74. The molecule has 0 heterocycles. The number of halogens is 1. The summed E-state index contributed by atoms with van der Waals surface area (Å²) in [6.07, 6.45) is 0.892. The van der Waals surface area contributed by atoms with Crippen LogP contribution in [0, 0.1) is 5.82 Å². The predicted molar refractivity (Wildman–Crippen MR) is 59.5 cm³/mol. The maximum Gasteiger partial charge on any atom is 0.149 e. The molecule has 0 atom stereocenters. The summed E-state index contributed by atoms with van der Waals surface area (Å²) in [6, 6.07) is 4.59. The SMILES string of the molecule is CN(C)CCCOc1cccc(F)c1N. The first-order valence-corrected chi connectivity index (χ1v) is 4.93. The second kappa shape index (κ2) is 5.56. The highest BCUT2D eigenvalue weighted by Gasteiger charge is 2.04. The first-order chi connectivity index (χ1) is 7.11. The van der Waals surface area contributed by atoms with Crippen molar-refractivity contribution < 1.29 is 9.13 Å². The van der Waals surface area contributed by atoms with Gasteiger partial charge in [0.25, 0.3) is 0 Å². The van der Waals surface area contributed by atoms with E-state index in [0.29, 0.717) is 12.4 Å². The van der Waals surface area contributed by atoms with E-state index in [4.69, 9.17) is 10.5 Å². The van der Waals surface area contributed by atoms with E-state index in [1.165, 1.54) is 6.07 Å². The van der Waals surface area contributed by atoms with Crippen LogP contribution in [0.1, 0.15) is 6.42 Å². The molecule has 1 rings (SSSR count). The number of rotatable bonds is 5. The van der Waals surface area contributed by atoms with Gasteiger partial charge in [-0.1, -0.05) is 6.07 Å². The third-order valence-electron chi connectivity index (χ3n) is 2.02. The van der Waals surface area contributed by atoms with Gasteiger partial charge in [0.15, 0.2) is 0 Å². The van der Waals surface area contributed by atoms with Crippen LogP contribution in [0.3, 0.4) is 0 Å². The number of nitrogen functional groups attached to an aromatic ring is 1. The van der Waals surface area contributed by atoms with Crippen LogP contribution >= 0.6 is 0 Å². The molecule has 3 nitrogen and oxygen atoms in total. The van der Waals surface area contributed by atoms with Gasteiger partial charge in [-0.05, 0) is 32.6 Å². The van der Waals surface area contributed by atoms with Crippen molar-refractivity contribution in [1.29, 1.82) is 0 Å². The molecule has 0 unspecified atom stereocenters. The number of nitrogens with two attached hydrogens (primary N) is 1. The van der Waals surface area contributed by atoms with Crippen LogP contribution in [0.2, 0.25) is 0 Å². The Hall–Kier alpha value is -1.29. The average Bonchev–Trinajstić information content (AvgIpc) is 2.18. The Balaban J connectivity index is 2.41. The quantitative estimate of drug-likeness (QED) is 0.597. The zero-order valence-corrected chi connectivity index (χ0v) is 9.16. The van der Waals surface area contributed by atoms with E-state index in [-0.39, 0.29) is 5.69 Å². The lowest BCUT2D eigenvalue weighted by atomic mass is 10.3. The molecule has 0 fully saturated rings. The number of nitrogens with zero attached hydrogens (tertiary/aromatic N) is 1. The van der Waals surface area contributed by atoms with Crippen LogP contribution in [0.25, 0.3) is 0 Å². The number of para-hydroxylation sites is 1. The van der Waals surface area contributed by atoms with Gasteiger partial charge in [-0.15, -0.1) is 0 Å². The van der Waals surface area contributed by atoms with Crippen LogP contribution in [0.5, 0.6) is 5.75 Å². The molecule has 1 aromatic carbocycles. The van der Waals surface area contributed by atoms with E-state index in [1.54, 1.807) is 12.1 Å². The van der Waals surface area contributed by atoms with Crippen molar-refractivity contribution in [2.24, 2.45) is 0 Å². The lowest BCUT2D eigenvalue weighted by molar-refractivity contribution is 0.282. The summed E-state index contributed by atoms with van der Waals surface area (Å²) in [7, 11) is 3.99. The number of benzene rings is 1. The summed E-state index contributed by atoms with van der Waals surface area (Å²) in [6.45, 7) is 1.49. The molecule has 15 heavy (non-hydrogen) atoms. The third kappa shape index (κ3) is 3.75.